The maximum atomic E-state index is 8.52. The summed E-state index contributed by atoms with van der Waals surface area (Å²) >= 11 is 3.46. The van der Waals surface area contributed by atoms with Gasteiger partial charge in [0.2, 0.25) is 0 Å². The summed E-state index contributed by atoms with van der Waals surface area (Å²) in [6.45, 7) is 15.0. The summed E-state index contributed by atoms with van der Waals surface area (Å²) in [5.74, 6) is 0. The molecule has 0 fully saturated rings. The van der Waals surface area contributed by atoms with Crippen molar-refractivity contribution in [1.29, 1.82) is 0 Å². The van der Waals surface area contributed by atoms with Gasteiger partial charge in [-0.05, 0) is 99.0 Å². The fourth-order valence-electron chi connectivity index (χ4n) is 4.78. The van der Waals surface area contributed by atoms with Gasteiger partial charge in [-0.15, -0.1) is 0 Å². The Morgan fingerprint density at radius 2 is 1.58 bits per heavy atom. The van der Waals surface area contributed by atoms with Gasteiger partial charge in [-0.2, -0.15) is 0 Å². The Morgan fingerprint density at radius 3 is 2.08 bits per heavy atom. The Kier molecular flexibility index (Phi) is 11.6. The number of fused-ring (bicyclic) bond motifs is 3. The van der Waals surface area contributed by atoms with Crippen LogP contribution in [0.4, 0.5) is 11.4 Å². The molecule has 3 N–H and O–H groups in total. The molecule has 5 nitrogen and oxygen atoms in total. The molecule has 0 aromatic heterocycles. The van der Waals surface area contributed by atoms with Crippen LogP contribution in [0.5, 0.6) is 0 Å². The molecule has 0 spiro atoms. The van der Waals surface area contributed by atoms with Crippen molar-refractivity contribution in [2.45, 2.75) is 67.0 Å². The zero-order valence-electron chi connectivity index (χ0n) is 24.1. The van der Waals surface area contributed by atoms with Gasteiger partial charge < -0.3 is 19.2 Å². The topological polar surface area (TPSA) is 72.8 Å². The molecule has 0 unspecified atom stereocenters. The molecule has 1 aliphatic rings. The van der Waals surface area contributed by atoms with Gasteiger partial charge in [0.1, 0.15) is 0 Å². The summed E-state index contributed by atoms with van der Waals surface area (Å²) < 4.78 is 5.87. The molecule has 0 saturated carbocycles. The van der Waals surface area contributed by atoms with E-state index >= 15 is 0 Å². The third-order valence-corrected chi connectivity index (χ3v) is 7.36. The molecule has 4 rings (SSSR count). The highest BCUT2D eigenvalue weighted by Gasteiger charge is 2.29. The van der Waals surface area contributed by atoms with E-state index in [0.717, 1.165) is 13.0 Å². The lowest BCUT2D eigenvalue weighted by atomic mass is 9.81. The normalized spacial score (nSPS) is 11.8. The first-order valence-electron chi connectivity index (χ1n) is 12.7. The number of hydrogen-bond acceptors (Lipinski definition) is 6. The maximum absolute atomic E-state index is 8.52. The highest BCUT2D eigenvalue weighted by molar-refractivity contribution is 8.00. The van der Waals surface area contributed by atoms with Crippen molar-refractivity contribution in [1.82, 2.24) is 0 Å². The number of aliphatic hydroxyl groups is 1. The van der Waals surface area contributed by atoms with Crippen molar-refractivity contribution in [3.63, 3.8) is 0 Å². The molecule has 0 saturated heterocycles. The van der Waals surface area contributed by atoms with E-state index in [-0.39, 0.29) is 6.47 Å². The van der Waals surface area contributed by atoms with Crippen LogP contribution in [0.1, 0.15) is 55.5 Å². The molecule has 206 valence electrons. The lowest BCUT2D eigenvalue weighted by Crippen LogP contribution is -2.22. The van der Waals surface area contributed by atoms with Gasteiger partial charge >= 0.3 is 0 Å². The highest BCUT2D eigenvalue weighted by Crippen LogP contribution is 2.50. The predicted octanol–water partition coefficient (Wildman–Crippen LogP) is 8.27. The van der Waals surface area contributed by atoms with Gasteiger partial charge in [-0.3, -0.25) is 4.79 Å². The first-order valence-corrected chi connectivity index (χ1v) is 15.1. The van der Waals surface area contributed by atoms with Gasteiger partial charge in [-0.1, -0.05) is 66.7 Å². The van der Waals surface area contributed by atoms with E-state index in [1.165, 1.54) is 61.4 Å². The van der Waals surface area contributed by atoms with Gasteiger partial charge in [0.05, 0.1) is 17.8 Å². The van der Waals surface area contributed by atoms with Gasteiger partial charge in [0, 0.05) is 23.8 Å². The first kappa shape index (κ1) is 31.6. The summed E-state index contributed by atoms with van der Waals surface area (Å²) in [6.07, 6.45) is 5.29. The van der Waals surface area contributed by atoms with Crippen molar-refractivity contribution >= 4 is 41.7 Å². The molecule has 0 amide bonds. The smallest absolute Gasteiger partial charge is 0.290 e. The number of anilines is 2. The second kappa shape index (κ2) is 14.0. The Balaban J connectivity index is 0.000000559. The molecule has 3 aromatic carbocycles. The summed E-state index contributed by atoms with van der Waals surface area (Å²) in [7, 11) is 0. The van der Waals surface area contributed by atoms with Crippen molar-refractivity contribution in [2.75, 3.05) is 21.5 Å². The molecule has 0 bridgehead atoms. The van der Waals surface area contributed by atoms with Crippen molar-refractivity contribution < 1.29 is 15.0 Å². The quantitative estimate of drug-likeness (QED) is 0.216. The standard InChI is InChI=1S/C26H30N2S2.C4H10O.CH2O2/c1-7-22-17(3)26-25(18(4)24(22)19-10-8-16(2)9-11-19)23-13-12-21(27-29-5)14-20(23)15-28(26)30-6;1-4(2,3)5;2-1-3/h8-14,27H,7,15H2,1-6H3;5H,1-3H3;1H,(H,2,3). The number of nitrogens with one attached hydrogen (secondary N) is 1. The van der Waals surface area contributed by atoms with Crippen LogP contribution in [0.2, 0.25) is 0 Å². The molecular formula is C31H42N2O3S2. The molecule has 0 atom stereocenters. The largest absolute Gasteiger partial charge is 0.483 e. The lowest BCUT2D eigenvalue weighted by molar-refractivity contribution is -0.122. The number of nitrogens with zero attached hydrogens (tertiary/aromatic N) is 1. The monoisotopic (exact) mass is 554 g/mol. The van der Waals surface area contributed by atoms with E-state index in [4.69, 9.17) is 15.0 Å². The first-order chi connectivity index (χ1) is 17.9. The van der Waals surface area contributed by atoms with Gasteiger partial charge in [0.15, 0.2) is 0 Å². The molecular weight excluding hydrogens is 512 g/mol. The number of benzene rings is 3. The minimum Gasteiger partial charge on any atom is -0.483 e. The molecule has 1 aliphatic heterocycles. The van der Waals surface area contributed by atoms with Crippen LogP contribution in [-0.2, 0) is 17.8 Å². The van der Waals surface area contributed by atoms with Crippen molar-refractivity contribution in [2.24, 2.45) is 0 Å². The molecule has 0 aliphatic carbocycles. The average Bonchev–Trinajstić information content (AvgIpc) is 2.85. The minimum absolute atomic E-state index is 0.250. The summed E-state index contributed by atoms with van der Waals surface area (Å²) in [5, 5.41) is 15.4. The van der Waals surface area contributed by atoms with Crippen LogP contribution in [0.3, 0.4) is 0 Å². The molecule has 1 heterocycles. The lowest BCUT2D eigenvalue weighted by Gasteiger charge is -2.36. The highest BCUT2D eigenvalue weighted by atomic mass is 32.2. The summed E-state index contributed by atoms with van der Waals surface area (Å²) in [6, 6.07) is 15.8. The fraction of sp³-hybridized carbons (Fsp3) is 0.387. The van der Waals surface area contributed by atoms with Gasteiger partial charge in [0.25, 0.3) is 6.47 Å². The third kappa shape index (κ3) is 7.71. The molecule has 7 heteroatoms. The number of aryl methyl sites for hydroxylation is 1. The zero-order valence-corrected chi connectivity index (χ0v) is 25.7. The van der Waals surface area contributed by atoms with Crippen molar-refractivity contribution in [3.8, 4) is 22.3 Å². The molecule has 0 radical (unpaired) electrons. The number of rotatable bonds is 5. The predicted molar refractivity (Wildman–Crippen MR) is 168 cm³/mol. The van der Waals surface area contributed by atoms with Crippen LogP contribution in [0.25, 0.3) is 22.3 Å². The number of carboxylic acid groups (broad SMARTS) is 1. The second-order valence-corrected chi connectivity index (χ2v) is 11.6. The third-order valence-electron chi connectivity index (χ3n) is 6.17. The van der Waals surface area contributed by atoms with E-state index in [1.54, 1.807) is 32.7 Å². The summed E-state index contributed by atoms with van der Waals surface area (Å²) in [5.41, 5.74) is 14.5. The molecule has 38 heavy (non-hydrogen) atoms. The fourth-order valence-corrected chi connectivity index (χ4v) is 5.82. The SMILES string of the molecule is CC(C)(C)O.CCc1c(C)c2c(c(C)c1-c1ccc(C)cc1)-c1ccc(NSC)cc1CN2SC.O=CO. The van der Waals surface area contributed by atoms with E-state index in [9.17, 15) is 0 Å². The van der Waals surface area contributed by atoms with Crippen LogP contribution in [-0.4, -0.2) is 34.8 Å². The molecule has 3 aromatic rings. The van der Waals surface area contributed by atoms with E-state index in [2.05, 4.69) is 91.7 Å². The Morgan fingerprint density at radius 1 is 1.00 bits per heavy atom. The minimum atomic E-state index is -0.500. The second-order valence-electron chi connectivity index (χ2n) is 10.2. The Labute approximate surface area is 237 Å². The Hall–Kier alpha value is -2.61. The van der Waals surface area contributed by atoms with E-state index < -0.39 is 5.60 Å². The Bertz CT molecular complexity index is 1230. The van der Waals surface area contributed by atoms with Crippen LogP contribution >= 0.6 is 23.9 Å². The maximum Gasteiger partial charge on any atom is 0.290 e. The summed E-state index contributed by atoms with van der Waals surface area (Å²) in [4.78, 5) is 8.36. The number of carbonyl (C=O) groups is 1. The van der Waals surface area contributed by atoms with Crippen LogP contribution in [0, 0.1) is 20.8 Å². The average molecular weight is 555 g/mol. The van der Waals surface area contributed by atoms with Crippen LogP contribution < -0.4 is 9.03 Å². The van der Waals surface area contributed by atoms with E-state index in [1.807, 2.05) is 11.9 Å². The van der Waals surface area contributed by atoms with Crippen LogP contribution in [0.15, 0.2) is 42.5 Å². The number of hydrogen-bond donors (Lipinski definition) is 3. The van der Waals surface area contributed by atoms with Crippen molar-refractivity contribution in [3.05, 3.63) is 70.3 Å². The van der Waals surface area contributed by atoms with E-state index in [0.29, 0.717) is 0 Å². The zero-order chi connectivity index (χ0) is 28.6. The van der Waals surface area contributed by atoms with Gasteiger partial charge in [-0.25, -0.2) is 0 Å².